The van der Waals surface area contributed by atoms with Gasteiger partial charge in [-0.25, -0.2) is 14.1 Å². The molecule has 0 radical (unpaired) electrons. The maximum atomic E-state index is 13.8. The molecule has 1 unspecified atom stereocenters. The van der Waals surface area contributed by atoms with E-state index in [9.17, 15) is 60.7 Å². The van der Waals surface area contributed by atoms with E-state index in [1.165, 1.54) is 30.3 Å². The summed E-state index contributed by atoms with van der Waals surface area (Å²) in [5.41, 5.74) is 0.410. The highest BCUT2D eigenvalue weighted by molar-refractivity contribution is 6.25. The predicted octanol–water partition coefficient (Wildman–Crippen LogP) is 3.71. The van der Waals surface area contributed by atoms with Crippen LogP contribution in [0.1, 0.15) is 82.9 Å². The van der Waals surface area contributed by atoms with Crippen LogP contribution in [0, 0.1) is 5.82 Å². The van der Waals surface area contributed by atoms with E-state index < -0.39 is 84.3 Å². The van der Waals surface area contributed by atoms with Gasteiger partial charge in [0.05, 0.1) is 50.8 Å². The molecular formula is C49H53F4N7O13. The highest BCUT2D eigenvalue weighted by Crippen LogP contribution is 2.46. The van der Waals surface area contributed by atoms with Gasteiger partial charge in [0.25, 0.3) is 17.7 Å². The SMILES string of the molecule is C[C@@H](N(Cc1ccc(F)cc1)C(=O)CN1C(=O)O[C@@]2(CCc3cc(NC(=O)CCCNC(=O)CCOCCOCCOCCNc4cccc5c4C(=O)N(C4CCC(=O)NC4=O)C5=O)ccc32)C1=O)C(F)(F)F. The van der Waals surface area contributed by atoms with Crippen LogP contribution in [0.2, 0.25) is 0 Å². The molecule has 1 spiro atoms. The third-order valence-corrected chi connectivity index (χ3v) is 12.6. The Bertz CT molecular complexity index is 2630. The first-order valence-corrected chi connectivity index (χ1v) is 23.5. The average molecular weight is 1020 g/mol. The third-order valence-electron chi connectivity index (χ3n) is 12.6. The van der Waals surface area contributed by atoms with E-state index in [4.69, 9.17) is 18.9 Å². The standard InChI is InChI=1S/C49H53F4N7O13/c1-29(49(51,52)53)58(27-30-7-9-32(50)10-8-30)41(64)28-59-46(68)48(73-47(59)69)17-15-31-26-33(11-12-35(31)48)56-39(62)6-3-18-55-38(61)16-20-70-22-24-72-25-23-71-21-19-54-36-5-2-4-34-42(36)45(67)60(44(34)66)37-13-14-40(63)57-43(37)65/h2,4-5,7-12,26,29,37,54H,3,6,13-25,27-28H2,1H3,(H,55,61)(H,56,62)(H,57,63,65)/t29-,37?,48-/m1/s1. The van der Waals surface area contributed by atoms with Gasteiger partial charge in [-0.2, -0.15) is 13.2 Å². The number of ether oxygens (including phenoxy) is 4. The van der Waals surface area contributed by atoms with Crippen molar-refractivity contribution in [1.29, 1.82) is 0 Å². The topological polar surface area (TPSA) is 248 Å². The number of hydrogen-bond acceptors (Lipinski definition) is 14. The van der Waals surface area contributed by atoms with Crippen LogP contribution in [0.3, 0.4) is 0 Å². The minimum absolute atomic E-state index is 0.00218. The Kier molecular flexibility index (Phi) is 17.2. The lowest BCUT2D eigenvalue weighted by Gasteiger charge is -2.31. The number of imide groups is 3. The summed E-state index contributed by atoms with van der Waals surface area (Å²) in [6.45, 7) is 1.11. The summed E-state index contributed by atoms with van der Waals surface area (Å²) < 4.78 is 77.0. The summed E-state index contributed by atoms with van der Waals surface area (Å²) in [6.07, 6.45) is -5.26. The molecular weight excluding hydrogens is 971 g/mol. The van der Waals surface area contributed by atoms with Gasteiger partial charge in [0.15, 0.2) is 0 Å². The summed E-state index contributed by atoms with van der Waals surface area (Å²) in [6, 6.07) is 10.6. The third kappa shape index (κ3) is 12.7. The zero-order valence-electron chi connectivity index (χ0n) is 39.6. The number of hydrogen-bond donors (Lipinski definition) is 4. The number of halogens is 4. The zero-order valence-corrected chi connectivity index (χ0v) is 39.6. The summed E-state index contributed by atoms with van der Waals surface area (Å²) in [7, 11) is 0. The Hall–Kier alpha value is -7.31. The first kappa shape index (κ1) is 53.5. The van der Waals surface area contributed by atoms with Crippen molar-refractivity contribution in [2.45, 2.75) is 82.3 Å². The Labute approximate surface area is 415 Å². The zero-order chi connectivity index (χ0) is 52.5. The van der Waals surface area contributed by atoms with Gasteiger partial charge in [-0.3, -0.25) is 48.6 Å². The van der Waals surface area contributed by atoms with Crippen molar-refractivity contribution < 1.29 is 79.7 Å². The number of carbonyl (C=O) groups excluding carboxylic acids is 9. The molecule has 0 bridgehead atoms. The summed E-state index contributed by atoms with van der Waals surface area (Å²) in [5.74, 6) is -5.69. The fraction of sp³-hybridized carbons (Fsp3) is 0.449. The van der Waals surface area contributed by atoms with Crippen LogP contribution in [-0.4, -0.2) is 146 Å². The summed E-state index contributed by atoms with van der Waals surface area (Å²) in [4.78, 5) is 117. The largest absolute Gasteiger partial charge is 0.427 e. The smallest absolute Gasteiger partial charge is 0.418 e. The summed E-state index contributed by atoms with van der Waals surface area (Å²) >= 11 is 0. The quantitative estimate of drug-likeness (QED) is 0.0568. The van der Waals surface area contributed by atoms with Crippen molar-refractivity contribution in [3.05, 3.63) is 94.3 Å². The number of anilines is 2. The highest BCUT2D eigenvalue weighted by atomic mass is 19.4. The number of piperidine rings is 1. The van der Waals surface area contributed by atoms with Crippen LogP contribution in [0.5, 0.6) is 0 Å². The number of benzene rings is 3. The van der Waals surface area contributed by atoms with Crippen molar-refractivity contribution >= 4 is 64.7 Å². The molecule has 0 aromatic heterocycles. The molecule has 2 saturated heterocycles. The minimum atomic E-state index is -4.85. The number of amides is 9. The second-order valence-corrected chi connectivity index (χ2v) is 17.5. The first-order chi connectivity index (χ1) is 34.9. The number of carbonyl (C=O) groups is 9. The normalized spacial score (nSPS) is 18.7. The second-order valence-electron chi connectivity index (χ2n) is 17.5. The predicted molar refractivity (Wildman–Crippen MR) is 247 cm³/mol. The van der Waals surface area contributed by atoms with E-state index in [-0.39, 0.29) is 113 Å². The number of nitrogens with zero attached hydrogens (tertiary/aromatic N) is 3. The van der Waals surface area contributed by atoms with E-state index in [2.05, 4.69) is 21.3 Å². The van der Waals surface area contributed by atoms with Gasteiger partial charge in [-0.15, -0.1) is 0 Å². The van der Waals surface area contributed by atoms with E-state index >= 15 is 0 Å². The van der Waals surface area contributed by atoms with Gasteiger partial charge in [-0.05, 0) is 73.7 Å². The lowest BCUT2D eigenvalue weighted by Crippen LogP contribution is -2.54. The van der Waals surface area contributed by atoms with Gasteiger partial charge < -0.3 is 39.8 Å². The number of aryl methyl sites for hydroxylation is 1. The van der Waals surface area contributed by atoms with Crippen LogP contribution < -0.4 is 21.3 Å². The van der Waals surface area contributed by atoms with Crippen LogP contribution in [-0.2, 0) is 66.3 Å². The second kappa shape index (κ2) is 23.5. The van der Waals surface area contributed by atoms with E-state index in [1.54, 1.807) is 18.2 Å². The molecule has 3 atom stereocenters. The monoisotopic (exact) mass is 1020 g/mol. The number of alkyl halides is 3. The van der Waals surface area contributed by atoms with Crippen molar-refractivity contribution in [3.8, 4) is 0 Å². The average Bonchev–Trinajstić information content (AvgIpc) is 3.93. The maximum absolute atomic E-state index is 13.8. The molecule has 3 heterocycles. The molecule has 9 amide bonds. The van der Waals surface area contributed by atoms with Gasteiger partial charge in [-0.1, -0.05) is 24.3 Å². The number of nitrogens with one attached hydrogen (secondary N) is 4. The fourth-order valence-corrected chi connectivity index (χ4v) is 8.78. The van der Waals surface area contributed by atoms with Gasteiger partial charge in [0.1, 0.15) is 24.4 Å². The van der Waals surface area contributed by atoms with Gasteiger partial charge >= 0.3 is 12.3 Å². The molecule has 3 aliphatic heterocycles. The molecule has 3 aromatic carbocycles. The van der Waals surface area contributed by atoms with E-state index in [0.717, 1.165) is 24.0 Å². The van der Waals surface area contributed by atoms with Crippen molar-refractivity contribution in [1.82, 2.24) is 25.3 Å². The van der Waals surface area contributed by atoms with Crippen molar-refractivity contribution in [3.63, 3.8) is 0 Å². The molecule has 24 heteroatoms. The van der Waals surface area contributed by atoms with Crippen LogP contribution in [0.15, 0.2) is 60.7 Å². The Morgan fingerprint density at radius 2 is 1.58 bits per heavy atom. The van der Waals surface area contributed by atoms with Gasteiger partial charge in [0, 0.05) is 62.3 Å². The lowest BCUT2D eigenvalue weighted by molar-refractivity contribution is -0.187. The lowest BCUT2D eigenvalue weighted by atomic mass is 9.94. The van der Waals surface area contributed by atoms with Crippen LogP contribution in [0.4, 0.5) is 33.7 Å². The molecule has 4 aliphatic rings. The molecule has 2 fully saturated rings. The molecule has 3 aromatic rings. The minimum Gasteiger partial charge on any atom is -0.427 e. The first-order valence-electron chi connectivity index (χ1n) is 23.5. The molecule has 0 saturated carbocycles. The highest BCUT2D eigenvalue weighted by Gasteiger charge is 2.59. The molecule has 7 rings (SSSR count). The van der Waals surface area contributed by atoms with Crippen molar-refractivity contribution in [2.24, 2.45) is 0 Å². The Morgan fingerprint density at radius 3 is 2.29 bits per heavy atom. The van der Waals surface area contributed by atoms with Crippen molar-refractivity contribution in [2.75, 3.05) is 69.9 Å². The summed E-state index contributed by atoms with van der Waals surface area (Å²) in [5, 5.41) is 10.7. The molecule has 20 nitrogen and oxygen atoms in total. The van der Waals surface area contributed by atoms with Crippen LogP contribution in [0.25, 0.3) is 0 Å². The van der Waals surface area contributed by atoms with E-state index in [1.807, 2.05) is 0 Å². The fourth-order valence-electron chi connectivity index (χ4n) is 8.78. The Morgan fingerprint density at radius 1 is 0.863 bits per heavy atom. The molecule has 73 heavy (non-hydrogen) atoms. The molecule has 1 aliphatic carbocycles. The number of fused-ring (bicyclic) bond motifs is 3. The Balaban J connectivity index is 0.733. The number of rotatable bonds is 24. The van der Waals surface area contributed by atoms with Gasteiger partial charge in [0.2, 0.25) is 35.1 Å². The van der Waals surface area contributed by atoms with Crippen LogP contribution >= 0.6 is 0 Å². The van der Waals surface area contributed by atoms with E-state index in [0.29, 0.717) is 45.3 Å². The molecule has 4 N–H and O–H groups in total. The maximum Gasteiger partial charge on any atom is 0.418 e. The molecule has 390 valence electrons.